The summed E-state index contributed by atoms with van der Waals surface area (Å²) in [6.45, 7) is 0. The first kappa shape index (κ1) is 18.4. The molecule has 2 N–H and O–H groups in total. The Morgan fingerprint density at radius 2 is 2.14 bits per heavy atom. The summed E-state index contributed by atoms with van der Waals surface area (Å²) in [7, 11) is 0. The van der Waals surface area contributed by atoms with Crippen LogP contribution in [-0.4, -0.2) is 53.1 Å². The number of aromatic nitrogens is 5. The van der Waals surface area contributed by atoms with Crippen LogP contribution in [0.25, 0.3) is 17.1 Å². The van der Waals surface area contributed by atoms with Crippen LogP contribution >= 0.6 is 11.8 Å². The summed E-state index contributed by atoms with van der Waals surface area (Å²) in [5.74, 6) is -2.29. The Balaban J connectivity index is 1.30. The summed E-state index contributed by atoms with van der Waals surface area (Å²) in [5.41, 5.74) is 1.23. The summed E-state index contributed by atoms with van der Waals surface area (Å²) < 4.78 is 29.5. The molecule has 2 unspecified atom stereocenters. The van der Waals surface area contributed by atoms with Crippen molar-refractivity contribution < 1.29 is 13.9 Å². The molecule has 0 spiro atoms. The van der Waals surface area contributed by atoms with E-state index in [4.69, 9.17) is 0 Å². The van der Waals surface area contributed by atoms with Gasteiger partial charge in [0.2, 0.25) is 0 Å². The molecule has 10 heteroatoms. The maximum absolute atomic E-state index is 13.9. The van der Waals surface area contributed by atoms with E-state index >= 15 is 0 Å². The fraction of sp³-hybridized carbons (Fsp3) is 0.368. The number of benzene rings is 1. The fourth-order valence-corrected chi connectivity index (χ4v) is 5.16. The van der Waals surface area contributed by atoms with Crippen molar-refractivity contribution in [2.75, 3.05) is 0 Å². The molecule has 0 saturated carbocycles. The third-order valence-electron chi connectivity index (χ3n) is 5.36. The molecule has 2 aliphatic rings. The number of halogens is 2. The summed E-state index contributed by atoms with van der Waals surface area (Å²) >= 11 is 1.44. The van der Waals surface area contributed by atoms with Crippen molar-refractivity contribution in [2.24, 2.45) is 0 Å². The number of phenols is 1. The van der Waals surface area contributed by atoms with Crippen molar-refractivity contribution in [3.8, 4) is 22.8 Å². The third-order valence-corrected chi connectivity index (χ3v) is 6.51. The van der Waals surface area contributed by atoms with E-state index in [0.717, 1.165) is 5.69 Å². The Labute approximate surface area is 169 Å². The standard InChI is InChI=1S/C19H18F2N6OS/c20-19(21)8-11-5-13(7-16(19)24-11)29-17-9-23-18(26-25-17)14-2-1-12(6-15(14)28)27-4-3-22-10-27/h1-4,6,9-11,13,16,24,28H,5,7-8H2/t11?,13-,16?/m1/s1. The van der Waals surface area contributed by atoms with E-state index < -0.39 is 12.0 Å². The molecule has 2 aliphatic heterocycles. The van der Waals surface area contributed by atoms with Crippen LogP contribution in [0.2, 0.25) is 0 Å². The number of imidazole rings is 1. The van der Waals surface area contributed by atoms with Gasteiger partial charge < -0.3 is 15.0 Å². The van der Waals surface area contributed by atoms with E-state index in [1.807, 2.05) is 6.07 Å². The molecule has 4 heterocycles. The molecule has 29 heavy (non-hydrogen) atoms. The number of alkyl halides is 2. The first-order valence-electron chi connectivity index (χ1n) is 9.30. The lowest BCUT2D eigenvalue weighted by atomic mass is 10.1. The predicted octanol–water partition coefficient (Wildman–Crippen LogP) is 3.05. The molecular weight excluding hydrogens is 398 g/mol. The zero-order valence-electron chi connectivity index (χ0n) is 15.2. The molecule has 2 aromatic heterocycles. The van der Waals surface area contributed by atoms with Crippen LogP contribution in [0.4, 0.5) is 8.78 Å². The van der Waals surface area contributed by atoms with Gasteiger partial charge in [-0.2, -0.15) is 0 Å². The van der Waals surface area contributed by atoms with Crippen LogP contribution in [0.5, 0.6) is 5.75 Å². The van der Waals surface area contributed by atoms with Crippen LogP contribution in [-0.2, 0) is 0 Å². The molecular formula is C19H18F2N6OS. The minimum absolute atomic E-state index is 0.0376. The van der Waals surface area contributed by atoms with Crippen molar-refractivity contribution in [2.45, 2.75) is 47.5 Å². The van der Waals surface area contributed by atoms with Gasteiger partial charge in [-0.3, -0.25) is 0 Å². The van der Waals surface area contributed by atoms with Crippen molar-refractivity contribution in [3.05, 3.63) is 43.1 Å². The molecule has 150 valence electrons. The number of aromatic hydroxyl groups is 1. The highest BCUT2D eigenvalue weighted by atomic mass is 32.2. The minimum Gasteiger partial charge on any atom is -0.507 e. The van der Waals surface area contributed by atoms with Crippen LogP contribution in [0, 0.1) is 0 Å². The number of thioether (sulfide) groups is 1. The molecule has 0 amide bonds. The Bertz CT molecular complexity index is 1010. The van der Waals surface area contributed by atoms with E-state index in [2.05, 4.69) is 25.5 Å². The molecule has 7 nitrogen and oxygen atoms in total. The number of nitrogens with zero attached hydrogens (tertiary/aromatic N) is 5. The van der Waals surface area contributed by atoms with E-state index in [9.17, 15) is 13.9 Å². The fourth-order valence-electron chi connectivity index (χ4n) is 4.00. The molecule has 2 bridgehead atoms. The molecule has 2 fully saturated rings. The Morgan fingerprint density at radius 1 is 1.24 bits per heavy atom. The van der Waals surface area contributed by atoms with Crippen molar-refractivity contribution in [1.82, 2.24) is 30.0 Å². The van der Waals surface area contributed by atoms with Crippen LogP contribution in [0.3, 0.4) is 0 Å². The second-order valence-corrected chi connectivity index (χ2v) is 8.70. The second-order valence-electron chi connectivity index (χ2n) is 7.38. The topological polar surface area (TPSA) is 88.8 Å². The monoisotopic (exact) mass is 416 g/mol. The lowest BCUT2D eigenvalue weighted by Gasteiger charge is -2.28. The molecule has 3 atom stereocenters. The Morgan fingerprint density at radius 3 is 2.83 bits per heavy atom. The lowest BCUT2D eigenvalue weighted by molar-refractivity contribution is -0.0115. The van der Waals surface area contributed by atoms with E-state index in [-0.39, 0.29) is 23.5 Å². The van der Waals surface area contributed by atoms with Gasteiger partial charge >= 0.3 is 0 Å². The zero-order chi connectivity index (χ0) is 20.0. The average molecular weight is 416 g/mol. The maximum atomic E-state index is 13.9. The number of hydrogen-bond donors (Lipinski definition) is 2. The highest BCUT2D eigenvalue weighted by Gasteiger charge is 2.52. The highest BCUT2D eigenvalue weighted by molar-refractivity contribution is 7.99. The smallest absolute Gasteiger partial charge is 0.264 e. The Kier molecular flexibility index (Phi) is 4.47. The maximum Gasteiger partial charge on any atom is 0.264 e. The molecule has 3 aromatic rings. The van der Waals surface area contributed by atoms with Crippen molar-refractivity contribution >= 4 is 11.8 Å². The first-order valence-corrected chi connectivity index (χ1v) is 10.2. The van der Waals surface area contributed by atoms with Crippen molar-refractivity contribution in [1.29, 1.82) is 0 Å². The molecule has 0 aliphatic carbocycles. The number of fused-ring (bicyclic) bond motifs is 2. The summed E-state index contributed by atoms with van der Waals surface area (Å²) in [6.07, 6.45) is 7.64. The predicted molar refractivity (Wildman–Crippen MR) is 103 cm³/mol. The van der Waals surface area contributed by atoms with Gasteiger partial charge in [0.05, 0.1) is 29.8 Å². The van der Waals surface area contributed by atoms with E-state index in [0.29, 0.717) is 29.3 Å². The van der Waals surface area contributed by atoms with E-state index in [1.54, 1.807) is 41.6 Å². The van der Waals surface area contributed by atoms with Gasteiger partial charge in [-0.25, -0.2) is 18.7 Å². The molecule has 0 radical (unpaired) electrons. The second kappa shape index (κ2) is 7.03. The number of nitrogens with one attached hydrogen (secondary N) is 1. The van der Waals surface area contributed by atoms with Gasteiger partial charge in [-0.05, 0) is 25.0 Å². The van der Waals surface area contributed by atoms with Gasteiger partial charge in [-0.1, -0.05) is 11.8 Å². The molecule has 1 aromatic carbocycles. The van der Waals surface area contributed by atoms with Gasteiger partial charge in [0, 0.05) is 36.2 Å². The number of rotatable bonds is 4. The quantitative estimate of drug-likeness (QED) is 0.676. The van der Waals surface area contributed by atoms with Crippen LogP contribution in [0.15, 0.2) is 48.1 Å². The minimum atomic E-state index is -2.63. The van der Waals surface area contributed by atoms with Crippen LogP contribution < -0.4 is 5.32 Å². The number of piperidine rings is 1. The van der Waals surface area contributed by atoms with Gasteiger partial charge in [0.15, 0.2) is 5.82 Å². The summed E-state index contributed by atoms with van der Waals surface area (Å²) in [5, 5.41) is 22.3. The molecule has 2 saturated heterocycles. The summed E-state index contributed by atoms with van der Waals surface area (Å²) in [6, 6.07) is 4.25. The zero-order valence-corrected chi connectivity index (χ0v) is 16.1. The SMILES string of the molecule is Oc1cc(-n2ccnc2)ccc1-c1ncc(S[C@@H]2CC3CC(F)(F)C(C2)N3)nn1. The van der Waals surface area contributed by atoms with E-state index in [1.165, 1.54) is 11.8 Å². The van der Waals surface area contributed by atoms with Gasteiger partial charge in [0.25, 0.3) is 5.92 Å². The van der Waals surface area contributed by atoms with Crippen molar-refractivity contribution in [3.63, 3.8) is 0 Å². The summed E-state index contributed by atoms with van der Waals surface area (Å²) in [4.78, 5) is 8.30. The first-order chi connectivity index (χ1) is 14.0. The number of hydrogen-bond acceptors (Lipinski definition) is 7. The van der Waals surface area contributed by atoms with Crippen LogP contribution in [0.1, 0.15) is 19.3 Å². The normalized spacial score (nSPS) is 25.2. The van der Waals surface area contributed by atoms with Gasteiger partial charge in [0.1, 0.15) is 10.8 Å². The Hall–Kier alpha value is -2.59. The largest absolute Gasteiger partial charge is 0.507 e. The lowest BCUT2D eigenvalue weighted by Crippen LogP contribution is -2.43. The average Bonchev–Trinajstić information content (AvgIpc) is 3.29. The highest BCUT2D eigenvalue weighted by Crippen LogP contribution is 2.43. The van der Waals surface area contributed by atoms with Gasteiger partial charge in [-0.15, -0.1) is 10.2 Å². The molecule has 5 rings (SSSR count). The third kappa shape index (κ3) is 3.58. The number of phenolic OH excluding ortho intramolecular Hbond substituents is 1.